The molecular formula is C16H17ClN6OS. The van der Waals surface area contributed by atoms with Crippen molar-refractivity contribution in [2.45, 2.75) is 33.1 Å². The van der Waals surface area contributed by atoms with E-state index in [1.165, 1.54) is 11.3 Å². The summed E-state index contributed by atoms with van der Waals surface area (Å²) in [4.78, 5) is 16.6. The van der Waals surface area contributed by atoms with Gasteiger partial charge in [-0.05, 0) is 25.5 Å². The van der Waals surface area contributed by atoms with Crippen LogP contribution in [0.3, 0.4) is 0 Å². The molecule has 2 heterocycles. The van der Waals surface area contributed by atoms with Gasteiger partial charge in [0.05, 0.1) is 10.7 Å². The van der Waals surface area contributed by atoms with E-state index in [-0.39, 0.29) is 5.82 Å². The molecule has 0 aliphatic carbocycles. The number of benzene rings is 1. The standard InChI is InChI=1S/C16H17ClN6OS/c1-3-4-9-13-20-21-16(25-13)19-15(24)14-18-10(2)23(22-14)12-8-6-5-7-11(12)17/h5-8H,3-4,9H2,1-2H3,(H,19,21,24). The van der Waals surface area contributed by atoms with Gasteiger partial charge in [-0.2, -0.15) is 0 Å². The minimum atomic E-state index is -0.424. The second-order valence-electron chi connectivity index (χ2n) is 5.40. The van der Waals surface area contributed by atoms with Crippen LogP contribution in [0.4, 0.5) is 5.13 Å². The van der Waals surface area contributed by atoms with Crippen LogP contribution >= 0.6 is 22.9 Å². The summed E-state index contributed by atoms with van der Waals surface area (Å²) in [5.74, 6) is 0.203. The third kappa shape index (κ3) is 4.02. The highest BCUT2D eigenvalue weighted by Crippen LogP contribution is 2.21. The molecule has 25 heavy (non-hydrogen) atoms. The van der Waals surface area contributed by atoms with Crippen LogP contribution < -0.4 is 5.32 Å². The van der Waals surface area contributed by atoms with Gasteiger partial charge in [0.1, 0.15) is 10.8 Å². The van der Waals surface area contributed by atoms with Crippen LogP contribution in [0, 0.1) is 6.92 Å². The van der Waals surface area contributed by atoms with Crippen LogP contribution in [0.1, 0.15) is 41.2 Å². The lowest BCUT2D eigenvalue weighted by Gasteiger charge is -2.04. The maximum Gasteiger partial charge on any atom is 0.297 e. The maximum atomic E-state index is 12.4. The molecular weight excluding hydrogens is 360 g/mol. The molecule has 0 aliphatic heterocycles. The smallest absolute Gasteiger partial charge is 0.294 e. The number of anilines is 1. The Labute approximate surface area is 154 Å². The zero-order valence-corrected chi connectivity index (χ0v) is 15.4. The molecule has 0 saturated carbocycles. The summed E-state index contributed by atoms with van der Waals surface area (Å²) in [5, 5.41) is 16.9. The molecule has 1 N–H and O–H groups in total. The first-order chi connectivity index (χ1) is 12.1. The van der Waals surface area contributed by atoms with Crippen molar-refractivity contribution in [2.24, 2.45) is 0 Å². The first kappa shape index (κ1) is 17.5. The van der Waals surface area contributed by atoms with Gasteiger partial charge in [-0.3, -0.25) is 10.1 Å². The van der Waals surface area contributed by atoms with Crippen molar-refractivity contribution < 1.29 is 4.79 Å². The minimum absolute atomic E-state index is 0.0581. The summed E-state index contributed by atoms with van der Waals surface area (Å²) in [7, 11) is 0. The quantitative estimate of drug-likeness (QED) is 0.709. The summed E-state index contributed by atoms with van der Waals surface area (Å²) in [6, 6.07) is 7.26. The molecule has 7 nitrogen and oxygen atoms in total. The van der Waals surface area contributed by atoms with Crippen LogP contribution in [0.15, 0.2) is 24.3 Å². The Morgan fingerprint density at radius 2 is 2.12 bits per heavy atom. The van der Waals surface area contributed by atoms with Crippen LogP contribution in [-0.2, 0) is 6.42 Å². The van der Waals surface area contributed by atoms with Gasteiger partial charge in [-0.1, -0.05) is 48.4 Å². The molecule has 0 unspecified atom stereocenters. The van der Waals surface area contributed by atoms with Gasteiger partial charge >= 0.3 is 0 Å². The average molecular weight is 377 g/mol. The highest BCUT2D eigenvalue weighted by Gasteiger charge is 2.18. The maximum absolute atomic E-state index is 12.4. The molecule has 0 atom stereocenters. The Balaban J connectivity index is 1.76. The molecule has 0 saturated heterocycles. The molecule has 3 rings (SSSR count). The molecule has 2 aromatic heterocycles. The predicted molar refractivity (Wildman–Crippen MR) is 97.6 cm³/mol. The van der Waals surface area contributed by atoms with Crippen LogP contribution in [0.2, 0.25) is 5.02 Å². The van der Waals surface area contributed by atoms with Crippen molar-refractivity contribution in [3.05, 3.63) is 45.9 Å². The van der Waals surface area contributed by atoms with E-state index in [2.05, 4.69) is 32.5 Å². The number of nitrogens with one attached hydrogen (secondary N) is 1. The van der Waals surface area contributed by atoms with E-state index < -0.39 is 5.91 Å². The zero-order valence-electron chi connectivity index (χ0n) is 13.9. The van der Waals surface area contributed by atoms with Gasteiger partial charge in [-0.25, -0.2) is 9.67 Å². The summed E-state index contributed by atoms with van der Waals surface area (Å²) in [6.45, 7) is 3.88. The fourth-order valence-corrected chi connectivity index (χ4v) is 3.22. The van der Waals surface area contributed by atoms with Crippen LogP contribution in [-0.4, -0.2) is 30.9 Å². The number of halogens is 1. The summed E-state index contributed by atoms with van der Waals surface area (Å²) >= 11 is 7.56. The minimum Gasteiger partial charge on any atom is -0.294 e. The Morgan fingerprint density at radius 1 is 1.32 bits per heavy atom. The van der Waals surface area contributed by atoms with E-state index in [0.29, 0.717) is 21.7 Å². The number of rotatable bonds is 6. The molecule has 130 valence electrons. The Hall–Kier alpha value is -2.32. The molecule has 9 heteroatoms. The normalized spacial score (nSPS) is 10.8. The molecule has 0 spiro atoms. The molecule has 0 fully saturated rings. The number of amides is 1. The molecule has 3 aromatic rings. The molecule has 0 radical (unpaired) electrons. The Kier molecular flexibility index (Phi) is 5.40. The van der Waals surface area contributed by atoms with Crippen molar-refractivity contribution in [2.75, 3.05) is 5.32 Å². The van der Waals surface area contributed by atoms with E-state index >= 15 is 0 Å². The first-order valence-electron chi connectivity index (χ1n) is 7.90. The van der Waals surface area contributed by atoms with Gasteiger partial charge in [0.25, 0.3) is 5.91 Å². The number of hydrogen-bond donors (Lipinski definition) is 1. The number of aromatic nitrogens is 5. The van der Waals surface area contributed by atoms with Gasteiger partial charge < -0.3 is 0 Å². The van der Waals surface area contributed by atoms with Crippen molar-refractivity contribution >= 4 is 34.0 Å². The molecule has 1 amide bonds. The number of unbranched alkanes of at least 4 members (excludes halogenated alkanes) is 1. The fourth-order valence-electron chi connectivity index (χ4n) is 2.22. The lowest BCUT2D eigenvalue weighted by molar-refractivity contribution is 0.101. The topological polar surface area (TPSA) is 85.6 Å². The van der Waals surface area contributed by atoms with Gasteiger partial charge in [0.2, 0.25) is 11.0 Å². The third-order valence-corrected chi connectivity index (χ3v) is 4.70. The third-order valence-electron chi connectivity index (χ3n) is 3.48. The lowest BCUT2D eigenvalue weighted by Crippen LogP contribution is -2.14. The van der Waals surface area contributed by atoms with Crippen molar-refractivity contribution in [1.82, 2.24) is 25.0 Å². The summed E-state index contributed by atoms with van der Waals surface area (Å²) in [6.07, 6.45) is 3.00. The summed E-state index contributed by atoms with van der Waals surface area (Å²) in [5.41, 5.74) is 0.672. The Morgan fingerprint density at radius 3 is 2.88 bits per heavy atom. The van der Waals surface area contributed by atoms with Crippen molar-refractivity contribution in [3.8, 4) is 5.69 Å². The molecule has 1 aromatic carbocycles. The number of aryl methyl sites for hydroxylation is 2. The number of nitrogens with zero attached hydrogens (tertiary/aromatic N) is 5. The summed E-state index contributed by atoms with van der Waals surface area (Å²) < 4.78 is 1.55. The number of para-hydroxylation sites is 1. The van der Waals surface area contributed by atoms with Crippen LogP contribution in [0.25, 0.3) is 5.69 Å². The monoisotopic (exact) mass is 376 g/mol. The average Bonchev–Trinajstić information content (AvgIpc) is 3.20. The highest BCUT2D eigenvalue weighted by atomic mass is 35.5. The lowest BCUT2D eigenvalue weighted by atomic mass is 10.3. The second kappa shape index (κ2) is 7.71. The van der Waals surface area contributed by atoms with Crippen molar-refractivity contribution in [3.63, 3.8) is 0 Å². The fraction of sp³-hybridized carbons (Fsp3) is 0.312. The van der Waals surface area contributed by atoms with Gasteiger partial charge in [0, 0.05) is 6.42 Å². The second-order valence-corrected chi connectivity index (χ2v) is 6.87. The van der Waals surface area contributed by atoms with E-state index in [4.69, 9.17) is 11.6 Å². The van der Waals surface area contributed by atoms with E-state index in [0.717, 1.165) is 24.3 Å². The number of carbonyl (C=O) groups excluding carboxylic acids is 1. The SMILES string of the molecule is CCCCc1nnc(NC(=O)c2nc(C)n(-c3ccccc3Cl)n2)s1. The van der Waals surface area contributed by atoms with E-state index in [9.17, 15) is 4.79 Å². The van der Waals surface area contributed by atoms with E-state index in [1.807, 2.05) is 18.2 Å². The number of carbonyl (C=O) groups is 1. The largest absolute Gasteiger partial charge is 0.297 e. The molecule has 0 bridgehead atoms. The van der Waals surface area contributed by atoms with Gasteiger partial charge in [0.15, 0.2) is 0 Å². The van der Waals surface area contributed by atoms with E-state index in [1.54, 1.807) is 17.7 Å². The molecule has 0 aliphatic rings. The first-order valence-corrected chi connectivity index (χ1v) is 9.10. The number of hydrogen-bond acceptors (Lipinski definition) is 6. The van der Waals surface area contributed by atoms with Gasteiger partial charge in [-0.15, -0.1) is 15.3 Å². The van der Waals surface area contributed by atoms with Crippen LogP contribution in [0.5, 0.6) is 0 Å². The zero-order chi connectivity index (χ0) is 17.8. The highest BCUT2D eigenvalue weighted by molar-refractivity contribution is 7.15. The van der Waals surface area contributed by atoms with Crippen molar-refractivity contribution in [1.29, 1.82) is 0 Å². The predicted octanol–water partition coefficient (Wildman–Crippen LogP) is 3.68. The Bertz CT molecular complexity index is 890.